The van der Waals surface area contributed by atoms with Crippen LogP contribution >= 0.6 is 0 Å². The first-order valence-corrected chi connectivity index (χ1v) is 6.88. The molecule has 0 aliphatic heterocycles. The average Bonchev–Trinajstić information content (AvgIpc) is 2.88. The van der Waals surface area contributed by atoms with Gasteiger partial charge < -0.3 is 9.72 Å². The number of nitriles is 1. The van der Waals surface area contributed by atoms with E-state index < -0.39 is 0 Å². The van der Waals surface area contributed by atoms with E-state index >= 15 is 0 Å². The van der Waals surface area contributed by atoms with Crippen molar-refractivity contribution in [2.24, 2.45) is 0 Å². The van der Waals surface area contributed by atoms with Crippen LogP contribution in [0.4, 0.5) is 5.69 Å². The highest BCUT2D eigenvalue weighted by Gasteiger charge is 2.08. The van der Waals surface area contributed by atoms with E-state index in [1.54, 1.807) is 24.3 Å². The predicted molar refractivity (Wildman–Crippen MR) is 83.4 cm³/mol. The summed E-state index contributed by atoms with van der Waals surface area (Å²) < 4.78 is 1.89. The molecule has 1 amide bonds. The molecule has 0 bridgehead atoms. The Morgan fingerprint density at radius 2 is 2.23 bits per heavy atom. The largest absolute Gasteiger partial charge is 0.326 e. The van der Waals surface area contributed by atoms with Crippen LogP contribution < -0.4 is 5.32 Å². The SMILES string of the molecule is Cc1ccn2cc(CC(=O)Nc3cccc(C#N)c3)nc2c1. The van der Waals surface area contributed by atoms with Gasteiger partial charge >= 0.3 is 0 Å². The zero-order valence-corrected chi connectivity index (χ0v) is 12.1. The molecule has 0 spiro atoms. The van der Waals surface area contributed by atoms with E-state index in [2.05, 4.69) is 10.3 Å². The van der Waals surface area contributed by atoms with Crippen LogP contribution in [0.2, 0.25) is 0 Å². The lowest BCUT2D eigenvalue weighted by molar-refractivity contribution is -0.115. The summed E-state index contributed by atoms with van der Waals surface area (Å²) in [6.45, 7) is 2.00. The second-order valence-corrected chi connectivity index (χ2v) is 5.12. The van der Waals surface area contributed by atoms with E-state index in [0.29, 0.717) is 16.9 Å². The molecule has 5 nitrogen and oxygen atoms in total. The molecular weight excluding hydrogens is 276 g/mol. The summed E-state index contributed by atoms with van der Waals surface area (Å²) in [5.41, 5.74) is 3.79. The van der Waals surface area contributed by atoms with Crippen molar-refractivity contribution in [2.45, 2.75) is 13.3 Å². The number of pyridine rings is 1. The van der Waals surface area contributed by atoms with E-state index in [9.17, 15) is 4.79 Å². The van der Waals surface area contributed by atoms with Gasteiger partial charge in [-0.25, -0.2) is 4.98 Å². The van der Waals surface area contributed by atoms with Crippen LogP contribution in [0.5, 0.6) is 0 Å². The molecule has 108 valence electrons. The van der Waals surface area contributed by atoms with E-state index in [0.717, 1.165) is 11.2 Å². The summed E-state index contributed by atoms with van der Waals surface area (Å²) >= 11 is 0. The Bertz CT molecular complexity index is 889. The molecule has 3 rings (SSSR count). The average molecular weight is 290 g/mol. The third kappa shape index (κ3) is 2.96. The molecule has 0 radical (unpaired) electrons. The van der Waals surface area contributed by atoms with E-state index in [-0.39, 0.29) is 12.3 Å². The summed E-state index contributed by atoms with van der Waals surface area (Å²) in [4.78, 5) is 16.5. The van der Waals surface area contributed by atoms with Gasteiger partial charge in [-0.05, 0) is 42.8 Å². The highest BCUT2D eigenvalue weighted by molar-refractivity contribution is 5.92. The van der Waals surface area contributed by atoms with E-state index in [1.807, 2.05) is 41.9 Å². The van der Waals surface area contributed by atoms with Crippen LogP contribution in [0.15, 0.2) is 48.8 Å². The summed E-state index contributed by atoms with van der Waals surface area (Å²) in [6.07, 6.45) is 3.97. The molecule has 5 heteroatoms. The lowest BCUT2D eigenvalue weighted by atomic mass is 10.2. The molecule has 3 aromatic rings. The van der Waals surface area contributed by atoms with Crippen LogP contribution in [0.1, 0.15) is 16.8 Å². The molecule has 1 aromatic carbocycles. The normalized spacial score (nSPS) is 10.4. The first-order valence-electron chi connectivity index (χ1n) is 6.88. The summed E-state index contributed by atoms with van der Waals surface area (Å²) in [5, 5.41) is 11.6. The number of nitrogens with zero attached hydrogens (tertiary/aromatic N) is 3. The van der Waals surface area contributed by atoms with Crippen LogP contribution in [0, 0.1) is 18.3 Å². The third-order valence-corrected chi connectivity index (χ3v) is 3.28. The number of aromatic nitrogens is 2. The molecule has 2 aromatic heterocycles. The number of rotatable bonds is 3. The Kier molecular flexibility index (Phi) is 3.58. The number of aryl methyl sites for hydroxylation is 1. The molecule has 0 aliphatic carbocycles. The van der Waals surface area contributed by atoms with Gasteiger partial charge in [-0.15, -0.1) is 0 Å². The molecule has 0 saturated carbocycles. The zero-order chi connectivity index (χ0) is 15.5. The minimum atomic E-state index is -0.157. The van der Waals surface area contributed by atoms with Crippen LogP contribution in [-0.2, 0) is 11.2 Å². The highest BCUT2D eigenvalue weighted by Crippen LogP contribution is 2.12. The summed E-state index contributed by atoms with van der Waals surface area (Å²) in [5.74, 6) is -0.157. The van der Waals surface area contributed by atoms with Crippen molar-refractivity contribution >= 4 is 17.2 Å². The summed E-state index contributed by atoms with van der Waals surface area (Å²) in [7, 11) is 0. The van der Waals surface area contributed by atoms with Crippen molar-refractivity contribution in [1.82, 2.24) is 9.38 Å². The van der Waals surface area contributed by atoms with Gasteiger partial charge in [0.1, 0.15) is 5.65 Å². The Balaban J connectivity index is 1.74. The van der Waals surface area contributed by atoms with Crippen molar-refractivity contribution in [3.8, 4) is 6.07 Å². The van der Waals surface area contributed by atoms with Crippen LogP contribution in [0.25, 0.3) is 5.65 Å². The van der Waals surface area contributed by atoms with Crippen molar-refractivity contribution in [3.05, 3.63) is 65.6 Å². The van der Waals surface area contributed by atoms with Gasteiger partial charge in [-0.3, -0.25) is 4.79 Å². The van der Waals surface area contributed by atoms with Gasteiger partial charge in [-0.2, -0.15) is 5.26 Å². The number of anilines is 1. The first kappa shape index (κ1) is 13.8. The molecular formula is C17H14N4O. The highest BCUT2D eigenvalue weighted by atomic mass is 16.1. The Labute approximate surface area is 127 Å². The molecule has 0 unspecified atom stereocenters. The van der Waals surface area contributed by atoms with Crippen molar-refractivity contribution in [1.29, 1.82) is 5.26 Å². The number of carbonyl (C=O) groups is 1. The minimum absolute atomic E-state index is 0.157. The number of fused-ring (bicyclic) bond motifs is 1. The number of nitrogens with one attached hydrogen (secondary N) is 1. The van der Waals surface area contributed by atoms with Gasteiger partial charge in [0.2, 0.25) is 5.91 Å². The van der Waals surface area contributed by atoms with Gasteiger partial charge in [0, 0.05) is 18.1 Å². The van der Waals surface area contributed by atoms with Crippen molar-refractivity contribution in [2.75, 3.05) is 5.32 Å². The number of carbonyl (C=O) groups excluding carboxylic acids is 1. The van der Waals surface area contributed by atoms with Gasteiger partial charge in [-0.1, -0.05) is 6.07 Å². The number of imidazole rings is 1. The first-order chi connectivity index (χ1) is 10.6. The Morgan fingerprint density at radius 3 is 3.05 bits per heavy atom. The third-order valence-electron chi connectivity index (χ3n) is 3.28. The summed E-state index contributed by atoms with van der Waals surface area (Å²) in [6, 6.07) is 12.8. The predicted octanol–water partition coefficient (Wildman–Crippen LogP) is 2.70. The van der Waals surface area contributed by atoms with E-state index in [1.165, 1.54) is 0 Å². The molecule has 0 aliphatic rings. The quantitative estimate of drug-likeness (QED) is 0.806. The fraction of sp³-hybridized carbons (Fsp3) is 0.118. The molecule has 22 heavy (non-hydrogen) atoms. The topological polar surface area (TPSA) is 70.2 Å². The number of hydrogen-bond acceptors (Lipinski definition) is 3. The fourth-order valence-corrected chi connectivity index (χ4v) is 2.26. The standard InChI is InChI=1S/C17H14N4O/c1-12-5-6-21-11-15(19-16(21)7-12)9-17(22)20-14-4-2-3-13(8-14)10-18/h2-8,11H,9H2,1H3,(H,20,22). The number of amides is 1. The van der Waals surface area contributed by atoms with Crippen molar-refractivity contribution in [3.63, 3.8) is 0 Å². The zero-order valence-electron chi connectivity index (χ0n) is 12.1. The Morgan fingerprint density at radius 1 is 1.36 bits per heavy atom. The second kappa shape index (κ2) is 5.70. The van der Waals surface area contributed by atoms with Gasteiger partial charge in [0.25, 0.3) is 0 Å². The lowest BCUT2D eigenvalue weighted by Gasteiger charge is -2.03. The van der Waals surface area contributed by atoms with Crippen molar-refractivity contribution < 1.29 is 4.79 Å². The molecule has 0 saturated heterocycles. The number of benzene rings is 1. The van der Waals surface area contributed by atoms with Gasteiger partial charge in [0.05, 0.1) is 23.7 Å². The fourth-order valence-electron chi connectivity index (χ4n) is 2.26. The smallest absolute Gasteiger partial charge is 0.230 e. The Hall–Kier alpha value is -3.13. The second-order valence-electron chi connectivity index (χ2n) is 5.12. The minimum Gasteiger partial charge on any atom is -0.326 e. The maximum Gasteiger partial charge on any atom is 0.230 e. The molecule has 0 fully saturated rings. The maximum absolute atomic E-state index is 12.1. The van der Waals surface area contributed by atoms with Crippen LogP contribution in [-0.4, -0.2) is 15.3 Å². The molecule has 0 atom stereocenters. The molecule has 2 heterocycles. The monoisotopic (exact) mass is 290 g/mol. The van der Waals surface area contributed by atoms with Gasteiger partial charge in [0.15, 0.2) is 0 Å². The van der Waals surface area contributed by atoms with E-state index in [4.69, 9.17) is 5.26 Å². The lowest BCUT2D eigenvalue weighted by Crippen LogP contribution is -2.14. The number of hydrogen-bond donors (Lipinski definition) is 1. The van der Waals surface area contributed by atoms with Crippen LogP contribution in [0.3, 0.4) is 0 Å². The maximum atomic E-state index is 12.1. The molecule has 1 N–H and O–H groups in total.